The van der Waals surface area contributed by atoms with Gasteiger partial charge >= 0.3 is 0 Å². The van der Waals surface area contributed by atoms with Crippen LogP contribution in [0.1, 0.15) is 51.5 Å². The van der Waals surface area contributed by atoms with Crippen molar-refractivity contribution in [2.75, 3.05) is 4.90 Å². The number of benzene rings is 1. The molecule has 0 radical (unpaired) electrons. The maximum Gasteiger partial charge on any atom is 0.125 e. The summed E-state index contributed by atoms with van der Waals surface area (Å²) in [5, 5.41) is 1.88. The maximum absolute atomic E-state index is 8.60. The van der Waals surface area contributed by atoms with Crippen molar-refractivity contribution >= 4 is 5.69 Å². The summed E-state index contributed by atoms with van der Waals surface area (Å²) < 4.78 is 8.60. The zero-order valence-corrected chi connectivity index (χ0v) is 13.0. The Morgan fingerprint density at radius 2 is 1.85 bits per heavy atom. The van der Waals surface area contributed by atoms with Crippen molar-refractivity contribution in [3.63, 3.8) is 0 Å². The Labute approximate surface area is 125 Å². The third kappa shape index (κ3) is 2.46. The average molecular weight is 273 g/mol. The molecule has 0 spiro atoms. The zero-order valence-electron chi connectivity index (χ0n) is 14.0. The van der Waals surface area contributed by atoms with Crippen LogP contribution in [0.3, 0.4) is 0 Å². The molecule has 0 bridgehead atoms. The molecule has 1 aromatic carbocycles. The van der Waals surface area contributed by atoms with Gasteiger partial charge in [0, 0.05) is 17.8 Å². The van der Waals surface area contributed by atoms with Crippen molar-refractivity contribution in [3.8, 4) is 0 Å². The van der Waals surface area contributed by atoms with Gasteiger partial charge in [0.2, 0.25) is 0 Å². The summed E-state index contributed by atoms with van der Waals surface area (Å²) >= 11 is 0. The fraction of sp³-hybridized carbons (Fsp3) is 0.667. The van der Waals surface area contributed by atoms with Crippen LogP contribution in [0, 0.1) is 12.8 Å². The number of hydrogen-bond acceptors (Lipinski definition) is 2. The molecule has 1 aliphatic heterocycles. The van der Waals surface area contributed by atoms with Gasteiger partial charge in [-0.05, 0) is 51.2 Å². The van der Waals surface area contributed by atoms with E-state index in [4.69, 9.17) is 1.41 Å². The molecule has 3 atom stereocenters. The van der Waals surface area contributed by atoms with Crippen LogP contribution in [0.2, 0.25) is 1.41 Å². The van der Waals surface area contributed by atoms with Crippen molar-refractivity contribution in [1.29, 1.82) is 0 Å². The van der Waals surface area contributed by atoms with E-state index in [9.17, 15) is 0 Å². The Morgan fingerprint density at radius 1 is 1.15 bits per heavy atom. The van der Waals surface area contributed by atoms with Crippen LogP contribution >= 0.6 is 0 Å². The summed E-state index contributed by atoms with van der Waals surface area (Å²) in [6, 6.07) is 9.39. The molecule has 1 saturated heterocycles. The van der Waals surface area contributed by atoms with E-state index in [1.807, 2.05) is 5.31 Å². The van der Waals surface area contributed by atoms with E-state index in [0.717, 1.165) is 0 Å². The lowest BCUT2D eigenvalue weighted by molar-refractivity contribution is 0.273. The highest BCUT2D eigenvalue weighted by Gasteiger charge is 2.40. The summed E-state index contributed by atoms with van der Waals surface area (Å²) in [5.74, 6) is 0.697. The van der Waals surface area contributed by atoms with Gasteiger partial charge in [0.05, 0.1) is 6.17 Å². The normalized spacial score (nSPS) is 33.5. The Bertz CT molecular complexity index is 484. The van der Waals surface area contributed by atoms with Crippen molar-refractivity contribution in [2.45, 2.75) is 71.1 Å². The Hall–Kier alpha value is -1.02. The predicted octanol–water partition coefficient (Wildman–Crippen LogP) is 4.09. The molecule has 110 valence electrons. The predicted molar refractivity (Wildman–Crippen MR) is 86.1 cm³/mol. The van der Waals surface area contributed by atoms with Gasteiger partial charge in [-0.1, -0.05) is 37.5 Å². The molecule has 3 rings (SSSR count). The van der Waals surface area contributed by atoms with E-state index in [0.29, 0.717) is 18.0 Å². The van der Waals surface area contributed by atoms with E-state index in [1.165, 1.54) is 43.4 Å². The van der Waals surface area contributed by atoms with Crippen molar-refractivity contribution in [3.05, 3.63) is 29.8 Å². The first-order valence-corrected chi connectivity index (χ1v) is 8.22. The molecular formula is C18H28N2. The molecule has 20 heavy (non-hydrogen) atoms. The van der Waals surface area contributed by atoms with E-state index < -0.39 is 0 Å². The number of rotatable bonds is 2. The molecule has 2 nitrogen and oxygen atoms in total. The van der Waals surface area contributed by atoms with Gasteiger partial charge < -0.3 is 4.90 Å². The van der Waals surface area contributed by atoms with E-state index in [1.54, 1.807) is 0 Å². The van der Waals surface area contributed by atoms with Crippen LogP contribution in [0.5, 0.6) is 0 Å². The lowest BCUT2D eigenvalue weighted by Crippen LogP contribution is -2.40. The third-order valence-corrected chi connectivity index (χ3v) is 5.25. The molecule has 0 aromatic heterocycles. The van der Waals surface area contributed by atoms with Crippen LogP contribution in [-0.2, 0) is 0 Å². The molecule has 2 unspecified atom stereocenters. The molecular weight excluding hydrogens is 244 g/mol. The highest BCUT2D eigenvalue weighted by atomic mass is 15.4. The molecule has 1 heterocycles. The van der Waals surface area contributed by atoms with Gasteiger partial charge in [-0.3, -0.25) is 5.31 Å². The van der Waals surface area contributed by atoms with Gasteiger partial charge in [-0.2, -0.15) is 0 Å². The fourth-order valence-corrected chi connectivity index (χ4v) is 4.22. The number of para-hydroxylation sites is 1. The quantitative estimate of drug-likeness (QED) is 0.873. The summed E-state index contributed by atoms with van der Waals surface area (Å²) in [5.41, 5.74) is 2.61. The standard InChI is InChI=1S/C18H28N2/c1-13-9-7-8-12-17(13)20-14(2)18(19-15(20)3)16-10-5-4-6-11-16/h7-9,12,14-16,18-19H,4-6,10-11H2,1-3H3/t14-,15?,18?/m0/s1/i/hD. The number of nitrogens with one attached hydrogen (secondary N) is 1. The topological polar surface area (TPSA) is 15.3 Å². The van der Waals surface area contributed by atoms with E-state index in [-0.39, 0.29) is 6.17 Å². The molecule has 1 aromatic rings. The molecule has 1 saturated carbocycles. The minimum atomic E-state index is 0.160. The first kappa shape index (κ1) is 12.7. The summed E-state index contributed by atoms with van der Waals surface area (Å²) in [6.07, 6.45) is 6.85. The Balaban J connectivity index is 1.88. The largest absolute Gasteiger partial charge is 0.352 e. The number of nitrogens with zero attached hydrogens (tertiary/aromatic N) is 1. The highest BCUT2D eigenvalue weighted by Crippen LogP contribution is 2.35. The smallest absolute Gasteiger partial charge is 0.125 e. The van der Waals surface area contributed by atoms with Crippen LogP contribution in [0.15, 0.2) is 24.3 Å². The summed E-state index contributed by atoms with van der Waals surface area (Å²) in [6.45, 7) is 6.67. The van der Waals surface area contributed by atoms with Crippen LogP contribution in [0.25, 0.3) is 0 Å². The number of aryl methyl sites for hydroxylation is 1. The molecule has 2 heteroatoms. The molecule has 0 amide bonds. The summed E-state index contributed by atoms with van der Waals surface area (Å²) in [7, 11) is 0. The second-order valence-electron chi connectivity index (χ2n) is 6.60. The van der Waals surface area contributed by atoms with Crippen molar-refractivity contribution in [2.24, 2.45) is 5.92 Å². The lowest BCUT2D eigenvalue weighted by atomic mass is 9.82. The monoisotopic (exact) mass is 273 g/mol. The maximum atomic E-state index is 8.60. The molecule has 2 fully saturated rings. The van der Waals surface area contributed by atoms with Gasteiger partial charge in [-0.15, -0.1) is 0 Å². The van der Waals surface area contributed by atoms with Gasteiger partial charge in [0.15, 0.2) is 0 Å². The van der Waals surface area contributed by atoms with Gasteiger partial charge in [0.25, 0.3) is 0 Å². The molecule has 1 N–H and O–H groups in total. The van der Waals surface area contributed by atoms with Crippen molar-refractivity contribution in [1.82, 2.24) is 5.31 Å². The lowest BCUT2D eigenvalue weighted by Gasteiger charge is -2.33. The average Bonchev–Trinajstić information content (AvgIpc) is 2.71. The second kappa shape index (κ2) is 5.77. The van der Waals surface area contributed by atoms with Crippen LogP contribution < -0.4 is 10.2 Å². The first-order valence-electron chi connectivity index (χ1n) is 8.67. The van der Waals surface area contributed by atoms with E-state index >= 15 is 0 Å². The van der Waals surface area contributed by atoms with Gasteiger partial charge in [-0.25, -0.2) is 0 Å². The first-order chi connectivity index (χ1) is 10.1. The summed E-state index contributed by atoms with van der Waals surface area (Å²) in [4.78, 5) is 2.46. The minimum absolute atomic E-state index is 0.160. The molecule has 1 aliphatic carbocycles. The van der Waals surface area contributed by atoms with Gasteiger partial charge in [0.1, 0.15) is 1.41 Å². The minimum Gasteiger partial charge on any atom is -0.352 e. The highest BCUT2D eigenvalue weighted by molar-refractivity contribution is 5.55. The number of hydrogen-bond donors (Lipinski definition) is 1. The Kier molecular flexibility index (Phi) is 3.66. The zero-order chi connectivity index (χ0) is 15.0. The fourth-order valence-electron chi connectivity index (χ4n) is 4.22. The third-order valence-electron chi connectivity index (χ3n) is 5.25. The Morgan fingerprint density at radius 3 is 2.55 bits per heavy atom. The molecule has 2 aliphatic rings. The SMILES string of the molecule is [2H]N1C(C2CCCCC2)[C@H](C)N(c2ccccc2C)C1C. The second-order valence-corrected chi connectivity index (χ2v) is 6.60. The number of anilines is 1. The van der Waals surface area contributed by atoms with Crippen LogP contribution in [-0.4, -0.2) is 18.2 Å². The van der Waals surface area contributed by atoms with E-state index in [2.05, 4.69) is 49.9 Å². The van der Waals surface area contributed by atoms with Crippen LogP contribution in [0.4, 0.5) is 5.69 Å². The van der Waals surface area contributed by atoms with Crippen molar-refractivity contribution < 1.29 is 1.41 Å².